The average Bonchev–Trinajstić information content (AvgIpc) is 3.29. The summed E-state index contributed by atoms with van der Waals surface area (Å²) in [4.78, 5) is 26.6. The summed E-state index contributed by atoms with van der Waals surface area (Å²) in [5, 5.41) is 0. The van der Waals surface area contributed by atoms with Crippen LogP contribution in [0.4, 0.5) is 16.0 Å². The van der Waals surface area contributed by atoms with Gasteiger partial charge >= 0.3 is 0 Å². The van der Waals surface area contributed by atoms with E-state index in [0.717, 1.165) is 49.0 Å². The highest BCUT2D eigenvalue weighted by molar-refractivity contribution is 5.99. The monoisotopic (exact) mass is 406 g/mol. The fraction of sp³-hybridized carbons (Fsp3) is 0.348. The Morgan fingerprint density at radius 2 is 1.73 bits per heavy atom. The van der Waals surface area contributed by atoms with Crippen molar-refractivity contribution in [2.45, 2.75) is 25.7 Å². The van der Waals surface area contributed by atoms with Crippen molar-refractivity contribution in [2.24, 2.45) is 0 Å². The second-order valence-corrected chi connectivity index (χ2v) is 7.92. The second-order valence-electron chi connectivity index (χ2n) is 7.92. The normalized spacial score (nSPS) is 19.1. The largest absolute Gasteiger partial charge is 0.469 e. The van der Waals surface area contributed by atoms with E-state index in [1.807, 2.05) is 31.2 Å². The fourth-order valence-electron chi connectivity index (χ4n) is 4.44. The number of benzene rings is 1. The molecule has 1 saturated heterocycles. The molecule has 1 atom stereocenters. The number of aryl methyl sites for hydroxylation is 1. The first-order valence-electron chi connectivity index (χ1n) is 10.3. The highest BCUT2D eigenvalue weighted by Gasteiger charge is 2.32. The number of furan rings is 1. The maximum absolute atomic E-state index is 13.2. The van der Waals surface area contributed by atoms with E-state index < -0.39 is 0 Å². The Kier molecular flexibility index (Phi) is 4.73. The van der Waals surface area contributed by atoms with Gasteiger partial charge in [-0.15, -0.1) is 0 Å². The molecule has 0 spiro atoms. The topological polar surface area (TPSA) is 62.5 Å². The molecule has 0 bridgehead atoms. The summed E-state index contributed by atoms with van der Waals surface area (Å²) in [5.41, 5.74) is 3.26. The van der Waals surface area contributed by atoms with E-state index in [9.17, 15) is 9.18 Å². The lowest BCUT2D eigenvalue weighted by atomic mass is 9.84. The third kappa shape index (κ3) is 3.44. The summed E-state index contributed by atoms with van der Waals surface area (Å²) >= 11 is 0. The van der Waals surface area contributed by atoms with Crippen LogP contribution in [0.5, 0.6) is 0 Å². The van der Waals surface area contributed by atoms with Gasteiger partial charge in [-0.3, -0.25) is 4.79 Å². The van der Waals surface area contributed by atoms with Crippen LogP contribution in [0.15, 0.2) is 47.1 Å². The Morgan fingerprint density at radius 3 is 2.43 bits per heavy atom. The standard InChI is InChI=1S/C23H23FN4O2/c1-15-22-19(13-16(14-20(22)29)21-3-2-12-30-21)26-23(25-15)28-10-8-27(9-11-28)18-6-4-17(24)5-7-18/h2-7,12,16H,8-11,13-14H2,1H3/t16-/m0/s1. The zero-order valence-electron chi connectivity index (χ0n) is 16.8. The lowest BCUT2D eigenvalue weighted by Crippen LogP contribution is -2.47. The first-order valence-corrected chi connectivity index (χ1v) is 10.3. The van der Waals surface area contributed by atoms with E-state index >= 15 is 0 Å². The number of Topliss-reactive ketones (excluding diaryl/α,β-unsaturated/α-hetero) is 1. The molecule has 0 N–H and O–H groups in total. The molecule has 1 aliphatic carbocycles. The molecule has 6 nitrogen and oxygen atoms in total. The first kappa shape index (κ1) is 18.8. The van der Waals surface area contributed by atoms with Gasteiger partial charge in [-0.25, -0.2) is 14.4 Å². The third-order valence-corrected chi connectivity index (χ3v) is 6.00. The molecule has 0 radical (unpaired) electrons. The number of piperazine rings is 1. The van der Waals surface area contributed by atoms with Crippen LogP contribution in [0.25, 0.3) is 0 Å². The fourth-order valence-corrected chi connectivity index (χ4v) is 4.44. The molecular formula is C23H23FN4O2. The van der Waals surface area contributed by atoms with Gasteiger partial charge in [0.1, 0.15) is 11.6 Å². The minimum Gasteiger partial charge on any atom is -0.469 e. The number of anilines is 2. The lowest BCUT2D eigenvalue weighted by Gasteiger charge is -2.36. The zero-order chi connectivity index (χ0) is 20.7. The van der Waals surface area contributed by atoms with E-state index in [-0.39, 0.29) is 17.5 Å². The number of carbonyl (C=O) groups excluding carboxylic acids is 1. The highest BCUT2D eigenvalue weighted by Crippen LogP contribution is 2.34. The summed E-state index contributed by atoms with van der Waals surface area (Å²) in [5.74, 6) is 1.40. The molecule has 2 aromatic heterocycles. The van der Waals surface area contributed by atoms with E-state index in [1.165, 1.54) is 12.1 Å². The summed E-state index contributed by atoms with van der Waals surface area (Å²) in [6.45, 7) is 5.04. The molecule has 5 rings (SSSR count). The Labute approximate surface area is 174 Å². The average molecular weight is 406 g/mol. The van der Waals surface area contributed by atoms with Crippen molar-refractivity contribution in [2.75, 3.05) is 36.0 Å². The molecule has 7 heteroatoms. The maximum Gasteiger partial charge on any atom is 0.225 e. The summed E-state index contributed by atoms with van der Waals surface area (Å²) < 4.78 is 18.7. The predicted molar refractivity (Wildman–Crippen MR) is 112 cm³/mol. The Balaban J connectivity index is 1.35. The van der Waals surface area contributed by atoms with Crippen molar-refractivity contribution >= 4 is 17.4 Å². The van der Waals surface area contributed by atoms with Gasteiger partial charge in [0.15, 0.2) is 5.78 Å². The maximum atomic E-state index is 13.2. The molecule has 1 fully saturated rings. The van der Waals surface area contributed by atoms with Gasteiger partial charge in [-0.2, -0.15) is 0 Å². The van der Waals surface area contributed by atoms with Crippen LogP contribution < -0.4 is 9.80 Å². The summed E-state index contributed by atoms with van der Waals surface area (Å²) in [7, 11) is 0. The van der Waals surface area contributed by atoms with Crippen LogP contribution >= 0.6 is 0 Å². The number of hydrogen-bond donors (Lipinski definition) is 0. The Morgan fingerprint density at radius 1 is 1.00 bits per heavy atom. The van der Waals surface area contributed by atoms with E-state index in [2.05, 4.69) is 14.8 Å². The molecule has 0 amide bonds. The van der Waals surface area contributed by atoms with Crippen LogP contribution in [0, 0.1) is 12.7 Å². The quantitative estimate of drug-likeness (QED) is 0.660. The van der Waals surface area contributed by atoms with Gasteiger partial charge in [-0.05, 0) is 43.3 Å². The Hall–Kier alpha value is -3.22. The molecule has 3 heterocycles. The highest BCUT2D eigenvalue weighted by atomic mass is 19.1. The van der Waals surface area contributed by atoms with Gasteiger partial charge in [0, 0.05) is 50.6 Å². The van der Waals surface area contributed by atoms with Crippen molar-refractivity contribution < 1.29 is 13.6 Å². The van der Waals surface area contributed by atoms with Gasteiger partial charge in [0.25, 0.3) is 0 Å². The number of nitrogens with zero attached hydrogens (tertiary/aromatic N) is 4. The predicted octanol–water partition coefficient (Wildman–Crippen LogP) is 3.76. The van der Waals surface area contributed by atoms with Gasteiger partial charge in [0.05, 0.1) is 23.2 Å². The minimum absolute atomic E-state index is 0.0254. The van der Waals surface area contributed by atoms with Crippen LogP contribution in [0.3, 0.4) is 0 Å². The summed E-state index contributed by atoms with van der Waals surface area (Å²) in [6.07, 6.45) is 2.76. The molecule has 2 aliphatic rings. The van der Waals surface area contributed by atoms with Crippen LogP contribution in [-0.4, -0.2) is 41.9 Å². The summed E-state index contributed by atoms with van der Waals surface area (Å²) in [6, 6.07) is 10.4. The number of hydrogen-bond acceptors (Lipinski definition) is 6. The number of fused-ring (bicyclic) bond motifs is 1. The molecule has 30 heavy (non-hydrogen) atoms. The van der Waals surface area contributed by atoms with Gasteiger partial charge < -0.3 is 14.2 Å². The van der Waals surface area contributed by atoms with Crippen LogP contribution in [-0.2, 0) is 6.42 Å². The van der Waals surface area contributed by atoms with Crippen LogP contribution in [0.1, 0.15) is 39.8 Å². The van der Waals surface area contributed by atoms with Gasteiger partial charge in [0.2, 0.25) is 5.95 Å². The van der Waals surface area contributed by atoms with Gasteiger partial charge in [-0.1, -0.05) is 0 Å². The van der Waals surface area contributed by atoms with Crippen molar-refractivity contribution in [3.05, 3.63) is 71.2 Å². The molecule has 1 aliphatic heterocycles. The zero-order valence-corrected chi connectivity index (χ0v) is 16.8. The smallest absolute Gasteiger partial charge is 0.225 e. The van der Waals surface area contributed by atoms with E-state index in [4.69, 9.17) is 9.40 Å². The Bertz CT molecular complexity index is 1060. The van der Waals surface area contributed by atoms with Crippen LogP contribution in [0.2, 0.25) is 0 Å². The van der Waals surface area contributed by atoms with Crippen molar-refractivity contribution in [1.29, 1.82) is 0 Å². The number of carbonyl (C=O) groups is 1. The minimum atomic E-state index is -0.224. The second kappa shape index (κ2) is 7.55. The van der Waals surface area contributed by atoms with Crippen molar-refractivity contribution in [3.63, 3.8) is 0 Å². The molecular weight excluding hydrogens is 383 g/mol. The number of ketones is 1. The number of halogens is 1. The molecule has 3 aromatic rings. The number of rotatable bonds is 3. The molecule has 154 valence electrons. The van der Waals surface area contributed by atoms with Crippen molar-refractivity contribution in [3.8, 4) is 0 Å². The SMILES string of the molecule is Cc1nc(N2CCN(c3ccc(F)cc3)CC2)nc2c1C(=O)C[C@@H](c1ccco1)C2. The molecule has 0 saturated carbocycles. The lowest BCUT2D eigenvalue weighted by molar-refractivity contribution is 0.0958. The number of aromatic nitrogens is 2. The first-order chi connectivity index (χ1) is 14.6. The molecule has 1 aromatic carbocycles. The molecule has 0 unspecified atom stereocenters. The van der Waals surface area contributed by atoms with E-state index in [0.29, 0.717) is 24.4 Å². The van der Waals surface area contributed by atoms with E-state index in [1.54, 1.807) is 6.26 Å². The van der Waals surface area contributed by atoms with Crippen molar-refractivity contribution in [1.82, 2.24) is 9.97 Å². The third-order valence-electron chi connectivity index (χ3n) is 6.00.